The molecule has 0 aromatic heterocycles. The highest BCUT2D eigenvalue weighted by molar-refractivity contribution is 6.04. The lowest BCUT2D eigenvalue weighted by Gasteiger charge is -2.10. The lowest BCUT2D eigenvalue weighted by atomic mass is 11.1. The van der Waals surface area contributed by atoms with Gasteiger partial charge >= 0.3 is 6.09 Å². The predicted molar refractivity (Wildman–Crippen MR) is 31.2 cm³/mol. The molecule has 0 rings (SSSR count). The lowest BCUT2D eigenvalue weighted by molar-refractivity contribution is -0.0785. The average Bonchev–Trinajstić information content (AvgIpc) is 1.84. The zero-order valence-corrected chi connectivity index (χ0v) is 7.17. The molecule has 0 aromatic rings. The first-order valence-corrected chi connectivity index (χ1v) is 2.89. The molecule has 0 saturated carbocycles. The van der Waals surface area contributed by atoms with Gasteiger partial charge in [-0.2, -0.15) is 5.06 Å². The van der Waals surface area contributed by atoms with Crippen molar-refractivity contribution in [1.82, 2.24) is 5.06 Å². The number of carbonyl (C=O) groups is 1. The molecule has 0 fully saturated rings. The van der Waals surface area contributed by atoms with Crippen molar-refractivity contribution in [3.8, 4) is 0 Å². The average molecular weight is 135 g/mol. The Kier molecular flexibility index (Phi) is 3.21. The zero-order chi connectivity index (χ0) is 6.57. The van der Waals surface area contributed by atoms with E-state index < -0.39 is 6.09 Å². The van der Waals surface area contributed by atoms with Gasteiger partial charge in [0.05, 0.1) is 7.11 Å². The molecule has 4 nitrogen and oxygen atoms in total. The van der Waals surface area contributed by atoms with Gasteiger partial charge in [0.1, 0.15) is 0 Å². The molecule has 0 radical (unpaired) electrons. The SMILES string of the molecule is CON(C)C(=O)O[SiH3]. The van der Waals surface area contributed by atoms with E-state index in [4.69, 9.17) is 0 Å². The van der Waals surface area contributed by atoms with Gasteiger partial charge in [0.2, 0.25) is 10.5 Å². The third-order valence-corrected chi connectivity index (χ3v) is 1.05. The van der Waals surface area contributed by atoms with Crippen LogP contribution >= 0.6 is 0 Å². The fraction of sp³-hybridized carbons (Fsp3) is 0.667. The summed E-state index contributed by atoms with van der Waals surface area (Å²) in [5.41, 5.74) is 0. The van der Waals surface area contributed by atoms with Crippen LogP contribution in [0.15, 0.2) is 0 Å². The summed E-state index contributed by atoms with van der Waals surface area (Å²) in [5, 5.41) is 1.02. The summed E-state index contributed by atoms with van der Waals surface area (Å²) >= 11 is 0. The molecule has 48 valence electrons. The van der Waals surface area contributed by atoms with Crippen molar-refractivity contribution in [2.75, 3.05) is 14.2 Å². The minimum atomic E-state index is -0.445. The molecule has 0 heterocycles. The molecule has 0 saturated heterocycles. The van der Waals surface area contributed by atoms with Crippen molar-refractivity contribution in [2.45, 2.75) is 0 Å². The maximum absolute atomic E-state index is 10.4. The second-order valence-corrected chi connectivity index (χ2v) is 1.56. The first kappa shape index (κ1) is 7.45. The molecule has 0 aromatic carbocycles. The minimum Gasteiger partial charge on any atom is -0.512 e. The predicted octanol–water partition coefficient (Wildman–Crippen LogP) is -1.10. The summed E-state index contributed by atoms with van der Waals surface area (Å²) < 4.78 is 4.40. The van der Waals surface area contributed by atoms with E-state index in [1.54, 1.807) is 0 Å². The Morgan fingerprint density at radius 3 is 2.38 bits per heavy atom. The molecule has 0 N–H and O–H groups in total. The first-order valence-electron chi connectivity index (χ1n) is 2.08. The third kappa shape index (κ3) is 1.94. The monoisotopic (exact) mass is 135 g/mol. The summed E-state index contributed by atoms with van der Waals surface area (Å²) in [7, 11) is 3.29. The molecular formula is C3H9NO3Si. The number of amides is 1. The van der Waals surface area contributed by atoms with Gasteiger partial charge in [0.15, 0.2) is 0 Å². The number of rotatable bonds is 1. The molecule has 0 aliphatic carbocycles. The van der Waals surface area contributed by atoms with Crippen molar-refractivity contribution in [3.05, 3.63) is 0 Å². The number of hydrogen-bond donors (Lipinski definition) is 0. The first-order chi connectivity index (χ1) is 3.72. The van der Waals surface area contributed by atoms with E-state index in [1.165, 1.54) is 14.2 Å². The highest BCUT2D eigenvalue weighted by atomic mass is 28.2. The summed E-state index contributed by atoms with van der Waals surface area (Å²) in [4.78, 5) is 14.8. The van der Waals surface area contributed by atoms with Gasteiger partial charge in [0, 0.05) is 7.05 Å². The number of hydrogen-bond acceptors (Lipinski definition) is 3. The van der Waals surface area contributed by atoms with Crippen LogP contribution in [0.2, 0.25) is 0 Å². The molecule has 8 heavy (non-hydrogen) atoms. The third-order valence-electron chi connectivity index (χ3n) is 0.706. The van der Waals surface area contributed by atoms with Crippen LogP contribution in [0.3, 0.4) is 0 Å². The van der Waals surface area contributed by atoms with Gasteiger partial charge in [-0.05, 0) is 0 Å². The van der Waals surface area contributed by atoms with Crippen LogP contribution in [-0.2, 0) is 9.26 Å². The molecular weight excluding hydrogens is 126 g/mol. The van der Waals surface area contributed by atoms with Gasteiger partial charge in [-0.1, -0.05) is 0 Å². The fourth-order valence-corrected chi connectivity index (χ4v) is 0.460. The highest BCUT2D eigenvalue weighted by Gasteiger charge is 2.02. The van der Waals surface area contributed by atoms with Crippen LogP contribution < -0.4 is 0 Å². The van der Waals surface area contributed by atoms with Gasteiger partial charge in [-0.3, -0.25) is 4.84 Å². The van der Waals surface area contributed by atoms with Gasteiger partial charge < -0.3 is 4.43 Å². The van der Waals surface area contributed by atoms with E-state index in [0.717, 1.165) is 5.06 Å². The van der Waals surface area contributed by atoms with Crippen LogP contribution in [0, 0.1) is 0 Å². The summed E-state index contributed by atoms with van der Waals surface area (Å²) in [6.07, 6.45) is -0.445. The molecule has 0 aliphatic heterocycles. The highest BCUT2D eigenvalue weighted by Crippen LogP contribution is 1.84. The maximum Gasteiger partial charge on any atom is 0.419 e. The van der Waals surface area contributed by atoms with E-state index in [0.29, 0.717) is 10.5 Å². The topological polar surface area (TPSA) is 38.8 Å². The van der Waals surface area contributed by atoms with Gasteiger partial charge in [-0.15, -0.1) is 0 Å². The Hall–Kier alpha value is -0.553. The summed E-state index contributed by atoms with van der Waals surface area (Å²) in [5.74, 6) is 0. The molecule has 0 bridgehead atoms. The summed E-state index contributed by atoms with van der Waals surface area (Å²) in [6.45, 7) is 0. The largest absolute Gasteiger partial charge is 0.512 e. The molecule has 1 amide bonds. The molecule has 5 heteroatoms. The normalized spacial score (nSPS) is 8.75. The number of carbonyl (C=O) groups excluding carboxylic acids is 1. The molecule has 0 spiro atoms. The van der Waals surface area contributed by atoms with Crippen molar-refractivity contribution < 1.29 is 14.1 Å². The smallest absolute Gasteiger partial charge is 0.419 e. The second kappa shape index (κ2) is 3.45. The van der Waals surface area contributed by atoms with Gasteiger partial charge in [0.25, 0.3) is 0 Å². The van der Waals surface area contributed by atoms with Crippen molar-refractivity contribution in [2.24, 2.45) is 0 Å². The Balaban J connectivity index is 3.46. The van der Waals surface area contributed by atoms with Crippen LogP contribution in [0.4, 0.5) is 4.79 Å². The van der Waals surface area contributed by atoms with Gasteiger partial charge in [-0.25, -0.2) is 4.79 Å². The molecule has 0 aliphatic rings. The summed E-state index contributed by atoms with van der Waals surface area (Å²) in [6, 6.07) is 0. The van der Waals surface area contributed by atoms with Crippen molar-refractivity contribution >= 4 is 16.6 Å². The Morgan fingerprint density at radius 1 is 1.75 bits per heavy atom. The minimum absolute atomic E-state index is 0.404. The number of nitrogens with zero attached hydrogens (tertiary/aromatic N) is 1. The Labute approximate surface area is 50.9 Å². The van der Waals surface area contributed by atoms with Crippen LogP contribution in [0.5, 0.6) is 0 Å². The molecule has 0 atom stereocenters. The Bertz CT molecular complexity index is 86.6. The maximum atomic E-state index is 10.4. The second-order valence-electron chi connectivity index (χ2n) is 1.15. The van der Waals surface area contributed by atoms with E-state index in [9.17, 15) is 4.79 Å². The van der Waals surface area contributed by atoms with E-state index in [2.05, 4.69) is 9.26 Å². The fourth-order valence-electron chi connectivity index (χ4n) is 0.203. The van der Waals surface area contributed by atoms with Crippen LogP contribution in [0.25, 0.3) is 0 Å². The molecule has 0 unspecified atom stereocenters. The van der Waals surface area contributed by atoms with E-state index in [1.807, 2.05) is 0 Å². The number of hydroxylamine groups is 2. The van der Waals surface area contributed by atoms with Crippen LogP contribution in [0.1, 0.15) is 0 Å². The van der Waals surface area contributed by atoms with Crippen molar-refractivity contribution in [1.29, 1.82) is 0 Å². The zero-order valence-electron chi connectivity index (χ0n) is 5.17. The van der Waals surface area contributed by atoms with Crippen LogP contribution in [-0.4, -0.2) is 35.8 Å². The van der Waals surface area contributed by atoms with E-state index in [-0.39, 0.29) is 0 Å². The van der Waals surface area contributed by atoms with E-state index >= 15 is 0 Å². The Morgan fingerprint density at radius 2 is 2.25 bits per heavy atom. The van der Waals surface area contributed by atoms with Crippen molar-refractivity contribution in [3.63, 3.8) is 0 Å². The standard InChI is InChI=1S/C3H9NO3Si/c1-4(6-2)3(5)7-8/h1-2,8H3. The quantitative estimate of drug-likeness (QED) is 0.338. The lowest BCUT2D eigenvalue weighted by Crippen LogP contribution is -2.25.